The Morgan fingerprint density at radius 3 is 2.32 bits per heavy atom. The molecule has 5 nitrogen and oxygen atoms in total. The lowest BCUT2D eigenvalue weighted by molar-refractivity contribution is -0.130. The summed E-state index contributed by atoms with van der Waals surface area (Å²) < 4.78 is 0. The van der Waals surface area contributed by atoms with Crippen LogP contribution in [-0.4, -0.2) is 41.9 Å². The monoisotopic (exact) mass is 329 g/mol. The van der Waals surface area contributed by atoms with Crippen LogP contribution in [0.3, 0.4) is 0 Å². The van der Waals surface area contributed by atoms with Crippen molar-refractivity contribution < 1.29 is 9.59 Å². The van der Waals surface area contributed by atoms with Crippen LogP contribution in [0.1, 0.15) is 45.4 Å². The van der Waals surface area contributed by atoms with E-state index in [-0.39, 0.29) is 36.2 Å². The average Bonchev–Trinajstić information content (AvgIpc) is 2.87. The molecule has 1 aliphatic heterocycles. The number of nitrogens with one attached hydrogen (secondary N) is 1. The normalized spacial score (nSPS) is 37.4. The predicted molar refractivity (Wildman–Crippen MR) is 87.6 cm³/mol. The maximum atomic E-state index is 12.5. The Kier molecular flexibility index (Phi) is 5.72. The zero-order valence-electron chi connectivity index (χ0n) is 13.3. The van der Waals surface area contributed by atoms with Gasteiger partial charge in [0, 0.05) is 38.0 Å². The van der Waals surface area contributed by atoms with Crippen molar-refractivity contribution >= 4 is 24.2 Å². The molecular formula is C16H28ClN3O2. The minimum atomic E-state index is 0. The minimum Gasteiger partial charge on any atom is -0.351 e. The molecule has 0 aromatic carbocycles. The number of carbonyl (C=O) groups excluding carboxylic acids is 2. The largest absolute Gasteiger partial charge is 0.351 e. The third-order valence-corrected chi connectivity index (χ3v) is 5.76. The van der Waals surface area contributed by atoms with Crippen molar-refractivity contribution in [1.29, 1.82) is 0 Å². The van der Waals surface area contributed by atoms with Crippen molar-refractivity contribution in [3.63, 3.8) is 0 Å². The third kappa shape index (κ3) is 3.57. The van der Waals surface area contributed by atoms with Gasteiger partial charge in [-0.15, -0.1) is 12.4 Å². The number of fused-ring (bicyclic) bond motifs is 2. The molecule has 3 N–H and O–H groups in total. The summed E-state index contributed by atoms with van der Waals surface area (Å²) in [5, 5.41) is 3.16. The summed E-state index contributed by atoms with van der Waals surface area (Å²) in [7, 11) is 0. The molecule has 6 heteroatoms. The number of rotatable bonds is 2. The van der Waals surface area contributed by atoms with Crippen molar-refractivity contribution in [3.05, 3.63) is 0 Å². The average molecular weight is 330 g/mol. The van der Waals surface area contributed by atoms with E-state index in [9.17, 15) is 9.59 Å². The molecule has 0 radical (unpaired) electrons. The second-order valence-corrected chi connectivity index (χ2v) is 7.16. The molecule has 0 aromatic rings. The molecule has 0 aromatic heterocycles. The standard InChI is InChI=1S/C16H27N3O2.ClH/c1-10(20)19-6-5-14(9-19)18-16(21)13-7-11-3-2-4-12(8-13)15(11)17;/h11-15H,2-9,17H2,1H3,(H,18,21);1H. The fourth-order valence-corrected chi connectivity index (χ4v) is 4.49. The van der Waals surface area contributed by atoms with Crippen molar-refractivity contribution in [2.45, 2.75) is 57.5 Å². The Labute approximate surface area is 138 Å². The van der Waals surface area contributed by atoms with Crippen LogP contribution < -0.4 is 11.1 Å². The number of halogens is 1. The Hall–Kier alpha value is -0.810. The predicted octanol–water partition coefficient (Wildman–Crippen LogP) is 1.30. The van der Waals surface area contributed by atoms with Crippen LogP contribution >= 0.6 is 12.4 Å². The first-order valence-electron chi connectivity index (χ1n) is 8.36. The van der Waals surface area contributed by atoms with E-state index in [1.54, 1.807) is 6.92 Å². The van der Waals surface area contributed by atoms with E-state index in [1.807, 2.05) is 4.90 Å². The molecule has 0 spiro atoms. The van der Waals surface area contributed by atoms with Gasteiger partial charge in [-0.2, -0.15) is 0 Å². The van der Waals surface area contributed by atoms with Crippen LogP contribution in [0.2, 0.25) is 0 Å². The smallest absolute Gasteiger partial charge is 0.223 e. The molecule has 2 amide bonds. The summed E-state index contributed by atoms with van der Waals surface area (Å²) in [4.78, 5) is 25.7. The highest BCUT2D eigenvalue weighted by Crippen LogP contribution is 2.41. The number of nitrogens with two attached hydrogens (primary N) is 1. The SMILES string of the molecule is CC(=O)N1CCC(NC(=O)C2CC3CCCC(C2)C3N)C1.Cl. The molecule has 2 aliphatic carbocycles. The first-order valence-corrected chi connectivity index (χ1v) is 8.36. The first-order chi connectivity index (χ1) is 10.0. The van der Waals surface area contributed by atoms with Crippen LogP contribution in [-0.2, 0) is 9.59 Å². The van der Waals surface area contributed by atoms with Crippen molar-refractivity contribution in [1.82, 2.24) is 10.2 Å². The summed E-state index contributed by atoms with van der Waals surface area (Å²) in [6.07, 6.45) is 6.42. The van der Waals surface area contributed by atoms with Gasteiger partial charge in [-0.25, -0.2) is 0 Å². The summed E-state index contributed by atoms with van der Waals surface area (Å²) >= 11 is 0. The Balaban J connectivity index is 0.00000176. The molecule has 3 aliphatic rings. The fourth-order valence-electron chi connectivity index (χ4n) is 4.49. The molecule has 3 unspecified atom stereocenters. The van der Waals surface area contributed by atoms with E-state index in [0.717, 1.165) is 25.8 Å². The second kappa shape index (κ2) is 7.18. The van der Waals surface area contributed by atoms with Gasteiger partial charge in [0.05, 0.1) is 0 Å². The van der Waals surface area contributed by atoms with Crippen LogP contribution in [0.5, 0.6) is 0 Å². The summed E-state index contributed by atoms with van der Waals surface area (Å²) in [5.74, 6) is 1.49. The van der Waals surface area contributed by atoms with E-state index in [4.69, 9.17) is 5.73 Å². The molecule has 22 heavy (non-hydrogen) atoms. The summed E-state index contributed by atoms with van der Waals surface area (Å²) in [6.45, 7) is 3.02. The van der Waals surface area contributed by atoms with Crippen molar-refractivity contribution in [2.75, 3.05) is 13.1 Å². The van der Waals surface area contributed by atoms with Gasteiger partial charge in [0.15, 0.2) is 0 Å². The Morgan fingerprint density at radius 2 is 1.77 bits per heavy atom. The third-order valence-electron chi connectivity index (χ3n) is 5.76. The fraction of sp³-hybridized carbons (Fsp3) is 0.875. The molecule has 3 rings (SSSR count). The molecule has 3 atom stereocenters. The number of amides is 2. The Morgan fingerprint density at radius 1 is 1.14 bits per heavy atom. The number of carbonyl (C=O) groups is 2. The molecule has 1 heterocycles. The van der Waals surface area contributed by atoms with Crippen LogP contribution in [0.4, 0.5) is 0 Å². The van der Waals surface area contributed by atoms with Crippen LogP contribution in [0.15, 0.2) is 0 Å². The van der Waals surface area contributed by atoms with E-state index in [2.05, 4.69) is 5.32 Å². The molecular weight excluding hydrogens is 302 g/mol. The molecule has 3 fully saturated rings. The highest BCUT2D eigenvalue weighted by Gasteiger charge is 2.41. The van der Waals surface area contributed by atoms with Gasteiger partial charge in [-0.1, -0.05) is 6.42 Å². The van der Waals surface area contributed by atoms with Crippen molar-refractivity contribution in [2.24, 2.45) is 23.5 Å². The van der Waals surface area contributed by atoms with E-state index in [0.29, 0.717) is 24.4 Å². The summed E-state index contributed by atoms with van der Waals surface area (Å²) in [6, 6.07) is 0.444. The van der Waals surface area contributed by atoms with Crippen LogP contribution in [0.25, 0.3) is 0 Å². The summed E-state index contributed by atoms with van der Waals surface area (Å²) in [5.41, 5.74) is 6.29. The van der Waals surface area contributed by atoms with Crippen LogP contribution in [0, 0.1) is 17.8 Å². The number of hydrogen-bond acceptors (Lipinski definition) is 3. The second-order valence-electron chi connectivity index (χ2n) is 7.16. The first kappa shape index (κ1) is 17.5. The minimum absolute atomic E-state index is 0. The van der Waals surface area contributed by atoms with Gasteiger partial charge >= 0.3 is 0 Å². The zero-order valence-corrected chi connectivity index (χ0v) is 14.1. The zero-order chi connectivity index (χ0) is 15.0. The lowest BCUT2D eigenvalue weighted by Gasteiger charge is -2.43. The highest BCUT2D eigenvalue weighted by molar-refractivity contribution is 5.85. The lowest BCUT2D eigenvalue weighted by Crippen LogP contribution is -2.50. The Bertz CT molecular complexity index is 418. The topological polar surface area (TPSA) is 75.4 Å². The highest BCUT2D eigenvalue weighted by atomic mass is 35.5. The maximum absolute atomic E-state index is 12.5. The molecule has 2 bridgehead atoms. The number of nitrogens with zero attached hydrogens (tertiary/aromatic N) is 1. The van der Waals surface area contributed by atoms with E-state index < -0.39 is 0 Å². The van der Waals surface area contributed by atoms with Gasteiger partial charge < -0.3 is 16.0 Å². The maximum Gasteiger partial charge on any atom is 0.223 e. The lowest BCUT2D eigenvalue weighted by atomic mass is 9.65. The number of likely N-dealkylation sites (tertiary alicyclic amines) is 1. The van der Waals surface area contributed by atoms with Gasteiger partial charge in [0.2, 0.25) is 11.8 Å². The van der Waals surface area contributed by atoms with Gasteiger partial charge in [0.25, 0.3) is 0 Å². The molecule has 2 saturated carbocycles. The van der Waals surface area contributed by atoms with Gasteiger partial charge in [-0.05, 0) is 43.9 Å². The van der Waals surface area contributed by atoms with Crippen molar-refractivity contribution in [3.8, 4) is 0 Å². The van der Waals surface area contributed by atoms with Gasteiger partial charge in [0.1, 0.15) is 0 Å². The quantitative estimate of drug-likeness (QED) is 0.801. The molecule has 1 saturated heterocycles. The van der Waals surface area contributed by atoms with E-state index in [1.165, 1.54) is 19.3 Å². The molecule has 126 valence electrons. The van der Waals surface area contributed by atoms with Gasteiger partial charge in [-0.3, -0.25) is 9.59 Å². The van der Waals surface area contributed by atoms with E-state index >= 15 is 0 Å². The number of hydrogen-bond donors (Lipinski definition) is 2.